The Morgan fingerprint density at radius 2 is 2.04 bits per heavy atom. The highest BCUT2D eigenvalue weighted by Crippen LogP contribution is 2.32. The van der Waals surface area contributed by atoms with Crippen LogP contribution in [0.3, 0.4) is 0 Å². The summed E-state index contributed by atoms with van der Waals surface area (Å²) in [6.07, 6.45) is 1.52. The molecule has 8 heteroatoms. The maximum atomic E-state index is 12.3. The van der Waals surface area contributed by atoms with Gasteiger partial charge in [-0.15, -0.1) is 11.3 Å². The van der Waals surface area contributed by atoms with E-state index >= 15 is 0 Å². The standard InChI is InChI=1S/C17H20N2O5S/c1-9-11(3)25-16(19-12(4)20)15(9)17(22)24-8-14(21)18-10(2)13-6-5-7-23-13/h5-7,10H,8H2,1-4H3,(H,18,21)(H,19,20)/t10-/m1/s1. The van der Waals surface area contributed by atoms with Gasteiger partial charge in [0.05, 0.1) is 17.9 Å². The highest BCUT2D eigenvalue weighted by atomic mass is 32.1. The van der Waals surface area contributed by atoms with Crippen LogP contribution in [-0.4, -0.2) is 24.4 Å². The molecular weight excluding hydrogens is 344 g/mol. The highest BCUT2D eigenvalue weighted by Gasteiger charge is 2.22. The number of amides is 2. The maximum Gasteiger partial charge on any atom is 0.341 e. The molecule has 0 saturated carbocycles. The van der Waals surface area contributed by atoms with Crippen LogP contribution in [0.2, 0.25) is 0 Å². The number of thiophene rings is 1. The topological polar surface area (TPSA) is 97.6 Å². The molecule has 0 bridgehead atoms. The molecule has 2 N–H and O–H groups in total. The van der Waals surface area contributed by atoms with E-state index in [1.165, 1.54) is 24.5 Å². The predicted octanol–water partition coefficient (Wildman–Crippen LogP) is 2.95. The highest BCUT2D eigenvalue weighted by molar-refractivity contribution is 7.16. The molecule has 0 unspecified atom stereocenters. The second kappa shape index (κ2) is 7.98. The van der Waals surface area contributed by atoms with Crippen LogP contribution in [0.4, 0.5) is 5.00 Å². The van der Waals surface area contributed by atoms with E-state index < -0.39 is 18.5 Å². The van der Waals surface area contributed by atoms with Crippen molar-refractivity contribution in [3.05, 3.63) is 40.2 Å². The van der Waals surface area contributed by atoms with E-state index in [9.17, 15) is 14.4 Å². The maximum absolute atomic E-state index is 12.3. The monoisotopic (exact) mass is 364 g/mol. The van der Waals surface area contributed by atoms with Crippen LogP contribution < -0.4 is 10.6 Å². The molecule has 2 rings (SSSR count). The summed E-state index contributed by atoms with van der Waals surface area (Å²) in [5.41, 5.74) is 1.01. The Balaban J connectivity index is 1.98. The molecule has 2 amide bonds. The molecule has 1 atom stereocenters. The third-order valence-electron chi connectivity index (χ3n) is 3.56. The number of esters is 1. The van der Waals surface area contributed by atoms with Crippen LogP contribution >= 0.6 is 11.3 Å². The van der Waals surface area contributed by atoms with Gasteiger partial charge in [0.25, 0.3) is 5.91 Å². The summed E-state index contributed by atoms with van der Waals surface area (Å²) in [6.45, 7) is 6.33. The van der Waals surface area contributed by atoms with E-state index in [4.69, 9.17) is 9.15 Å². The van der Waals surface area contributed by atoms with Crippen molar-refractivity contribution >= 4 is 34.1 Å². The SMILES string of the molecule is CC(=O)Nc1sc(C)c(C)c1C(=O)OCC(=O)N[C@H](C)c1ccco1. The summed E-state index contributed by atoms with van der Waals surface area (Å²) in [6, 6.07) is 3.14. The van der Waals surface area contributed by atoms with Crippen molar-refractivity contribution in [2.24, 2.45) is 0 Å². The van der Waals surface area contributed by atoms with E-state index in [0.717, 1.165) is 10.4 Å². The molecule has 0 radical (unpaired) electrons. The van der Waals surface area contributed by atoms with Gasteiger partial charge >= 0.3 is 5.97 Å². The molecule has 0 saturated heterocycles. The van der Waals surface area contributed by atoms with Crippen molar-refractivity contribution < 1.29 is 23.5 Å². The molecule has 0 spiro atoms. The molecule has 0 aliphatic rings. The lowest BCUT2D eigenvalue weighted by molar-refractivity contribution is -0.125. The smallest absolute Gasteiger partial charge is 0.341 e. The van der Waals surface area contributed by atoms with Gasteiger partial charge in [0.1, 0.15) is 10.8 Å². The Morgan fingerprint density at radius 3 is 2.64 bits per heavy atom. The van der Waals surface area contributed by atoms with Gasteiger partial charge in [-0.05, 0) is 38.5 Å². The molecular formula is C17H20N2O5S. The van der Waals surface area contributed by atoms with Crippen LogP contribution in [-0.2, 0) is 14.3 Å². The second-order valence-corrected chi connectivity index (χ2v) is 6.77. The first-order valence-corrected chi connectivity index (χ1v) is 8.48. The fourth-order valence-electron chi connectivity index (χ4n) is 2.22. The van der Waals surface area contributed by atoms with Crippen molar-refractivity contribution in [3.63, 3.8) is 0 Å². The van der Waals surface area contributed by atoms with Crippen molar-refractivity contribution in [1.29, 1.82) is 0 Å². The van der Waals surface area contributed by atoms with E-state index in [1.807, 2.05) is 6.92 Å². The van der Waals surface area contributed by atoms with E-state index in [0.29, 0.717) is 10.8 Å². The van der Waals surface area contributed by atoms with Gasteiger partial charge in [-0.2, -0.15) is 0 Å². The Labute approximate surface area is 149 Å². The fraction of sp³-hybridized carbons (Fsp3) is 0.353. The van der Waals surface area contributed by atoms with Crippen LogP contribution in [0.15, 0.2) is 22.8 Å². The second-order valence-electron chi connectivity index (χ2n) is 5.55. The summed E-state index contributed by atoms with van der Waals surface area (Å²) >= 11 is 1.30. The van der Waals surface area contributed by atoms with Crippen LogP contribution in [0, 0.1) is 13.8 Å². The van der Waals surface area contributed by atoms with Gasteiger partial charge < -0.3 is 19.8 Å². The van der Waals surface area contributed by atoms with E-state index in [2.05, 4.69) is 10.6 Å². The van der Waals surface area contributed by atoms with Gasteiger partial charge in [0.15, 0.2) is 6.61 Å². The normalized spacial score (nSPS) is 11.7. The Hall–Kier alpha value is -2.61. The molecule has 0 aromatic carbocycles. The number of rotatable bonds is 6. The number of hydrogen-bond acceptors (Lipinski definition) is 6. The molecule has 134 valence electrons. The van der Waals surface area contributed by atoms with E-state index in [1.54, 1.807) is 26.0 Å². The van der Waals surface area contributed by atoms with Crippen LogP contribution in [0.5, 0.6) is 0 Å². The summed E-state index contributed by atoms with van der Waals surface area (Å²) < 4.78 is 10.3. The first kappa shape index (κ1) is 18.7. The first-order valence-electron chi connectivity index (χ1n) is 7.67. The quantitative estimate of drug-likeness (QED) is 0.768. The minimum Gasteiger partial charge on any atom is -0.467 e. The number of carbonyl (C=O) groups excluding carboxylic acids is 3. The number of aryl methyl sites for hydroxylation is 1. The Bertz CT molecular complexity index is 779. The minimum atomic E-state index is -0.647. The lowest BCUT2D eigenvalue weighted by Gasteiger charge is -2.12. The Kier molecular flexibility index (Phi) is 5.97. The molecule has 25 heavy (non-hydrogen) atoms. The molecule has 2 aromatic rings. The summed E-state index contributed by atoms with van der Waals surface area (Å²) in [7, 11) is 0. The number of anilines is 1. The average Bonchev–Trinajstić information content (AvgIpc) is 3.14. The van der Waals surface area contributed by atoms with Crippen LogP contribution in [0.1, 0.15) is 46.4 Å². The van der Waals surface area contributed by atoms with Gasteiger partial charge in [0.2, 0.25) is 5.91 Å². The third-order valence-corrected chi connectivity index (χ3v) is 4.68. The van der Waals surface area contributed by atoms with Crippen molar-refractivity contribution in [2.75, 3.05) is 11.9 Å². The molecule has 2 heterocycles. The van der Waals surface area contributed by atoms with Gasteiger partial charge in [-0.25, -0.2) is 4.79 Å². The molecule has 0 fully saturated rings. The van der Waals surface area contributed by atoms with E-state index in [-0.39, 0.29) is 17.5 Å². The zero-order valence-electron chi connectivity index (χ0n) is 14.5. The first-order chi connectivity index (χ1) is 11.8. The number of nitrogens with one attached hydrogen (secondary N) is 2. The molecule has 0 aliphatic carbocycles. The van der Waals surface area contributed by atoms with Crippen molar-refractivity contribution in [3.8, 4) is 0 Å². The van der Waals surface area contributed by atoms with Crippen LogP contribution in [0.25, 0.3) is 0 Å². The number of furan rings is 1. The zero-order valence-corrected chi connectivity index (χ0v) is 15.3. The lowest BCUT2D eigenvalue weighted by atomic mass is 10.1. The number of hydrogen-bond donors (Lipinski definition) is 2. The largest absolute Gasteiger partial charge is 0.467 e. The summed E-state index contributed by atoms with van der Waals surface area (Å²) in [5, 5.41) is 5.73. The summed E-state index contributed by atoms with van der Waals surface area (Å²) in [5.74, 6) is -0.758. The van der Waals surface area contributed by atoms with Gasteiger partial charge in [0, 0.05) is 11.8 Å². The van der Waals surface area contributed by atoms with Crippen molar-refractivity contribution in [2.45, 2.75) is 33.7 Å². The number of carbonyl (C=O) groups is 3. The lowest BCUT2D eigenvalue weighted by Crippen LogP contribution is -2.31. The fourth-order valence-corrected chi connectivity index (χ4v) is 3.31. The third kappa shape index (κ3) is 4.69. The molecule has 2 aromatic heterocycles. The average molecular weight is 364 g/mol. The van der Waals surface area contributed by atoms with Gasteiger partial charge in [-0.3, -0.25) is 9.59 Å². The summed E-state index contributed by atoms with van der Waals surface area (Å²) in [4.78, 5) is 36.4. The predicted molar refractivity (Wildman–Crippen MR) is 93.6 cm³/mol. The molecule has 0 aliphatic heterocycles. The van der Waals surface area contributed by atoms with Gasteiger partial charge in [-0.1, -0.05) is 0 Å². The zero-order chi connectivity index (χ0) is 18.6. The molecule has 7 nitrogen and oxygen atoms in total. The van der Waals surface area contributed by atoms with Crippen molar-refractivity contribution in [1.82, 2.24) is 5.32 Å². The Morgan fingerprint density at radius 1 is 1.32 bits per heavy atom. The minimum absolute atomic E-state index is 0.277. The number of ether oxygens (including phenoxy) is 1.